The van der Waals surface area contributed by atoms with Crippen molar-refractivity contribution in [1.82, 2.24) is 4.90 Å². The van der Waals surface area contributed by atoms with Gasteiger partial charge in [-0.1, -0.05) is 24.3 Å². The molecular formula is C12H15NO. The lowest BCUT2D eigenvalue weighted by Gasteiger charge is -2.32. The van der Waals surface area contributed by atoms with Gasteiger partial charge in [0.25, 0.3) is 0 Å². The molecule has 0 saturated carbocycles. The number of fused-ring (bicyclic) bond motifs is 3. The molecule has 2 aliphatic heterocycles. The summed E-state index contributed by atoms with van der Waals surface area (Å²) in [5.41, 5.74) is 2.78. The summed E-state index contributed by atoms with van der Waals surface area (Å²) >= 11 is 0. The highest BCUT2D eigenvalue weighted by Crippen LogP contribution is 2.37. The molecule has 1 fully saturated rings. The lowest BCUT2D eigenvalue weighted by Crippen LogP contribution is -2.34. The summed E-state index contributed by atoms with van der Waals surface area (Å²) in [6.07, 6.45) is 1.91. The average molecular weight is 189 g/mol. The Labute approximate surface area is 84.2 Å². The molecule has 0 radical (unpaired) electrons. The smallest absolute Gasteiger partial charge is 0.0749 e. The van der Waals surface area contributed by atoms with Crippen molar-refractivity contribution in [2.75, 3.05) is 13.1 Å². The molecule has 1 aromatic rings. The Balaban J connectivity index is 2.07. The first-order valence-corrected chi connectivity index (χ1v) is 5.36. The molecule has 2 heteroatoms. The summed E-state index contributed by atoms with van der Waals surface area (Å²) in [4.78, 5) is 2.41. The van der Waals surface area contributed by atoms with Crippen LogP contribution in [-0.2, 0) is 6.42 Å². The van der Waals surface area contributed by atoms with Crippen LogP contribution in [0.3, 0.4) is 0 Å². The quantitative estimate of drug-likeness (QED) is 0.666. The number of nitrogens with zero attached hydrogens (tertiary/aromatic N) is 1. The van der Waals surface area contributed by atoms with Crippen molar-refractivity contribution in [3.63, 3.8) is 0 Å². The maximum atomic E-state index is 9.93. The average Bonchev–Trinajstić information content (AvgIpc) is 2.61. The fraction of sp³-hybridized carbons (Fsp3) is 0.500. The zero-order valence-electron chi connectivity index (χ0n) is 8.19. The maximum Gasteiger partial charge on any atom is 0.0749 e. The second kappa shape index (κ2) is 3.07. The van der Waals surface area contributed by atoms with Gasteiger partial charge in [-0.3, -0.25) is 4.90 Å². The van der Waals surface area contributed by atoms with E-state index in [1.165, 1.54) is 11.1 Å². The molecule has 0 aliphatic carbocycles. The SMILES string of the molecule is O[C@@H]1CCN2CCc3ccccc3[C@@H]12. The highest BCUT2D eigenvalue weighted by Gasteiger charge is 2.37. The van der Waals surface area contributed by atoms with Gasteiger partial charge in [-0.2, -0.15) is 0 Å². The second-order valence-electron chi connectivity index (χ2n) is 4.29. The molecule has 0 bridgehead atoms. The van der Waals surface area contributed by atoms with E-state index in [2.05, 4.69) is 29.2 Å². The highest BCUT2D eigenvalue weighted by molar-refractivity contribution is 5.34. The van der Waals surface area contributed by atoms with Crippen LogP contribution in [0.2, 0.25) is 0 Å². The molecule has 0 aromatic heterocycles. The van der Waals surface area contributed by atoms with Gasteiger partial charge in [0.1, 0.15) is 0 Å². The highest BCUT2D eigenvalue weighted by atomic mass is 16.3. The van der Waals surface area contributed by atoms with Crippen molar-refractivity contribution >= 4 is 0 Å². The standard InChI is InChI=1S/C12H15NO/c14-11-6-8-13-7-5-9-3-1-2-4-10(9)12(11)13/h1-4,11-12,14H,5-8H2/t11-,12+/m1/s1. The topological polar surface area (TPSA) is 23.5 Å². The minimum absolute atomic E-state index is 0.156. The van der Waals surface area contributed by atoms with Gasteiger partial charge in [-0.05, 0) is 24.0 Å². The number of hydrogen-bond donors (Lipinski definition) is 1. The van der Waals surface area contributed by atoms with E-state index in [0.717, 1.165) is 25.9 Å². The van der Waals surface area contributed by atoms with Crippen molar-refractivity contribution < 1.29 is 5.11 Å². The molecular weight excluding hydrogens is 174 g/mol. The monoisotopic (exact) mass is 189 g/mol. The van der Waals surface area contributed by atoms with Crippen LogP contribution < -0.4 is 0 Å². The third-order valence-corrected chi connectivity index (χ3v) is 3.51. The van der Waals surface area contributed by atoms with Crippen LogP contribution in [0.15, 0.2) is 24.3 Å². The Kier molecular flexibility index (Phi) is 1.85. The van der Waals surface area contributed by atoms with Crippen LogP contribution >= 0.6 is 0 Å². The van der Waals surface area contributed by atoms with Crippen LogP contribution in [0, 0.1) is 0 Å². The fourth-order valence-electron chi connectivity index (χ4n) is 2.81. The fourth-order valence-corrected chi connectivity index (χ4v) is 2.81. The minimum Gasteiger partial charge on any atom is -0.391 e. The Morgan fingerprint density at radius 1 is 1.21 bits per heavy atom. The zero-order valence-corrected chi connectivity index (χ0v) is 8.19. The third kappa shape index (κ3) is 1.11. The van der Waals surface area contributed by atoms with Gasteiger partial charge in [0.15, 0.2) is 0 Å². The Morgan fingerprint density at radius 2 is 2.07 bits per heavy atom. The van der Waals surface area contributed by atoms with Gasteiger partial charge >= 0.3 is 0 Å². The predicted molar refractivity (Wildman–Crippen MR) is 55.1 cm³/mol. The van der Waals surface area contributed by atoms with Crippen molar-refractivity contribution in [1.29, 1.82) is 0 Å². The van der Waals surface area contributed by atoms with E-state index >= 15 is 0 Å². The molecule has 2 heterocycles. The van der Waals surface area contributed by atoms with Crippen molar-refractivity contribution in [3.8, 4) is 0 Å². The summed E-state index contributed by atoms with van der Waals surface area (Å²) in [6, 6.07) is 8.81. The summed E-state index contributed by atoms with van der Waals surface area (Å²) in [7, 11) is 0. The predicted octanol–water partition coefficient (Wildman–Crippen LogP) is 1.35. The van der Waals surface area contributed by atoms with E-state index in [4.69, 9.17) is 0 Å². The molecule has 2 atom stereocenters. The van der Waals surface area contributed by atoms with E-state index in [1.54, 1.807) is 0 Å². The molecule has 1 N–H and O–H groups in total. The minimum atomic E-state index is -0.156. The van der Waals surface area contributed by atoms with Gasteiger partial charge in [0, 0.05) is 13.1 Å². The number of aliphatic hydroxyl groups excluding tert-OH is 1. The van der Waals surface area contributed by atoms with E-state index in [-0.39, 0.29) is 12.1 Å². The van der Waals surface area contributed by atoms with E-state index in [1.807, 2.05) is 0 Å². The number of rotatable bonds is 0. The van der Waals surface area contributed by atoms with Crippen molar-refractivity contribution in [2.24, 2.45) is 0 Å². The Hall–Kier alpha value is -0.860. The Bertz CT molecular complexity index is 350. The van der Waals surface area contributed by atoms with Crippen LogP contribution in [0.5, 0.6) is 0 Å². The van der Waals surface area contributed by atoms with E-state index in [0.29, 0.717) is 0 Å². The van der Waals surface area contributed by atoms with Crippen LogP contribution in [-0.4, -0.2) is 29.2 Å². The van der Waals surface area contributed by atoms with E-state index < -0.39 is 0 Å². The van der Waals surface area contributed by atoms with Gasteiger partial charge < -0.3 is 5.11 Å². The zero-order chi connectivity index (χ0) is 9.54. The van der Waals surface area contributed by atoms with Crippen LogP contribution in [0.4, 0.5) is 0 Å². The molecule has 74 valence electrons. The first-order valence-electron chi connectivity index (χ1n) is 5.36. The molecule has 1 saturated heterocycles. The van der Waals surface area contributed by atoms with Crippen molar-refractivity contribution in [2.45, 2.75) is 25.0 Å². The number of aliphatic hydroxyl groups is 1. The largest absolute Gasteiger partial charge is 0.391 e. The first kappa shape index (κ1) is 8.45. The molecule has 1 aromatic carbocycles. The molecule has 2 nitrogen and oxygen atoms in total. The van der Waals surface area contributed by atoms with Crippen molar-refractivity contribution in [3.05, 3.63) is 35.4 Å². The molecule has 0 amide bonds. The summed E-state index contributed by atoms with van der Waals surface area (Å²) in [5, 5.41) is 9.93. The van der Waals surface area contributed by atoms with Gasteiger partial charge in [0.05, 0.1) is 12.1 Å². The second-order valence-corrected chi connectivity index (χ2v) is 4.29. The normalized spacial score (nSPS) is 31.2. The lowest BCUT2D eigenvalue weighted by molar-refractivity contribution is 0.110. The van der Waals surface area contributed by atoms with Gasteiger partial charge in [0.2, 0.25) is 0 Å². The van der Waals surface area contributed by atoms with Gasteiger partial charge in [-0.25, -0.2) is 0 Å². The molecule has 14 heavy (non-hydrogen) atoms. The van der Waals surface area contributed by atoms with Crippen LogP contribution in [0.1, 0.15) is 23.6 Å². The molecule has 3 rings (SSSR count). The van der Waals surface area contributed by atoms with Gasteiger partial charge in [-0.15, -0.1) is 0 Å². The number of hydrogen-bond acceptors (Lipinski definition) is 2. The Morgan fingerprint density at radius 3 is 3.00 bits per heavy atom. The third-order valence-electron chi connectivity index (χ3n) is 3.51. The lowest BCUT2D eigenvalue weighted by atomic mass is 9.92. The summed E-state index contributed by atoms with van der Waals surface area (Å²) < 4.78 is 0. The summed E-state index contributed by atoms with van der Waals surface area (Å²) in [6.45, 7) is 2.17. The molecule has 2 aliphatic rings. The van der Waals surface area contributed by atoms with Crippen LogP contribution in [0.25, 0.3) is 0 Å². The van der Waals surface area contributed by atoms with E-state index in [9.17, 15) is 5.11 Å². The maximum absolute atomic E-state index is 9.93. The number of benzene rings is 1. The first-order chi connectivity index (χ1) is 6.86. The molecule has 0 unspecified atom stereocenters. The summed E-state index contributed by atoms with van der Waals surface area (Å²) in [5.74, 6) is 0. The molecule has 0 spiro atoms.